The van der Waals surface area contributed by atoms with E-state index in [0.29, 0.717) is 11.9 Å². The average molecular weight is 504 g/mol. The average Bonchev–Trinajstić information content (AvgIpc) is 2.84. The van der Waals surface area contributed by atoms with Crippen molar-refractivity contribution in [3.8, 4) is 0 Å². The van der Waals surface area contributed by atoms with E-state index >= 15 is 0 Å². The Bertz CT molecular complexity index is 1290. The molecule has 4 aromatic rings. The Hall–Kier alpha value is -2.74. The monoisotopic (exact) mass is 503 g/mol. The molecule has 1 aliphatic heterocycles. The summed E-state index contributed by atoms with van der Waals surface area (Å²) in [5.41, 5.74) is 2.62. The highest BCUT2D eigenvalue weighted by Gasteiger charge is 2.17. The lowest BCUT2D eigenvalue weighted by atomic mass is 10.1. The van der Waals surface area contributed by atoms with Crippen LogP contribution >= 0.6 is 24.8 Å². The molecule has 180 valence electrons. The molecule has 0 spiro atoms. The summed E-state index contributed by atoms with van der Waals surface area (Å²) in [5, 5.41) is 1.48. The first-order valence-corrected chi connectivity index (χ1v) is 11.1. The molecule has 0 N–H and O–H groups in total. The molecule has 0 atom stereocenters. The number of piperazine rings is 1. The first-order chi connectivity index (χ1) is 15.7. The topological polar surface area (TPSA) is 54.3 Å². The summed E-state index contributed by atoms with van der Waals surface area (Å²) in [7, 11) is 0. The highest BCUT2D eigenvalue weighted by atomic mass is 35.5. The van der Waals surface area contributed by atoms with Crippen molar-refractivity contribution in [1.82, 2.24) is 19.4 Å². The van der Waals surface area contributed by atoms with Crippen LogP contribution < -0.4 is 10.5 Å². The minimum atomic E-state index is -0.197. The largest absolute Gasteiger partial charge is 0.369 e. The van der Waals surface area contributed by atoms with E-state index in [-0.39, 0.29) is 36.2 Å². The fraction of sp³-hybridized carbons (Fsp3) is 0.320. The Labute approximate surface area is 210 Å². The molecular formula is C25H28Cl2FN5O. The van der Waals surface area contributed by atoms with Crippen molar-refractivity contribution in [3.05, 3.63) is 77.2 Å². The SMILES string of the molecule is Cl.Cl.O=c1c2cnc3ccccc3c2ncn1CCCCN1CCN(c2ccc(F)cc2)CC1. The van der Waals surface area contributed by atoms with Crippen LogP contribution in [-0.2, 0) is 6.54 Å². The quantitative estimate of drug-likeness (QED) is 0.285. The molecule has 1 aliphatic rings. The number of para-hydroxylation sites is 1. The predicted molar refractivity (Wildman–Crippen MR) is 140 cm³/mol. The first-order valence-electron chi connectivity index (χ1n) is 11.1. The van der Waals surface area contributed by atoms with Gasteiger partial charge in [-0.2, -0.15) is 0 Å². The van der Waals surface area contributed by atoms with E-state index in [4.69, 9.17) is 0 Å². The fourth-order valence-electron chi connectivity index (χ4n) is 4.42. The van der Waals surface area contributed by atoms with Crippen molar-refractivity contribution in [2.24, 2.45) is 0 Å². The molecule has 0 radical (unpaired) electrons. The molecule has 3 heterocycles. The van der Waals surface area contributed by atoms with E-state index in [9.17, 15) is 9.18 Å². The molecule has 5 rings (SSSR count). The number of hydrogen-bond donors (Lipinski definition) is 0. The molecule has 0 unspecified atom stereocenters. The Morgan fingerprint density at radius 1 is 0.824 bits per heavy atom. The van der Waals surface area contributed by atoms with Gasteiger partial charge in [0.2, 0.25) is 0 Å². The highest BCUT2D eigenvalue weighted by Crippen LogP contribution is 2.19. The van der Waals surface area contributed by atoms with Crippen molar-refractivity contribution in [3.63, 3.8) is 0 Å². The number of anilines is 1. The summed E-state index contributed by atoms with van der Waals surface area (Å²) in [6.45, 7) is 5.55. The standard InChI is InChI=1S/C25H26FN5O.2ClH/c26-19-7-9-20(10-8-19)30-15-13-29(14-16-30)11-3-4-12-31-18-28-24-21-5-1-2-6-23(21)27-17-22(24)25(31)32;;/h1-2,5-10,17-18H,3-4,11-16H2;2*1H. The van der Waals surface area contributed by atoms with Gasteiger partial charge in [0.25, 0.3) is 5.56 Å². The molecule has 6 nitrogen and oxygen atoms in total. The van der Waals surface area contributed by atoms with Crippen molar-refractivity contribution in [2.75, 3.05) is 37.6 Å². The second-order valence-electron chi connectivity index (χ2n) is 8.29. The molecule has 0 amide bonds. The van der Waals surface area contributed by atoms with E-state index in [1.54, 1.807) is 17.1 Å². The van der Waals surface area contributed by atoms with Crippen molar-refractivity contribution >= 4 is 52.3 Å². The van der Waals surface area contributed by atoms with Crippen LogP contribution in [0.4, 0.5) is 10.1 Å². The Balaban J connectivity index is 0.00000162. The zero-order valence-corrected chi connectivity index (χ0v) is 20.4. The number of halogens is 3. The van der Waals surface area contributed by atoms with Crippen molar-refractivity contribution in [2.45, 2.75) is 19.4 Å². The van der Waals surface area contributed by atoms with Crippen LogP contribution in [0.3, 0.4) is 0 Å². The third-order valence-electron chi connectivity index (χ3n) is 6.25. The number of hydrogen-bond acceptors (Lipinski definition) is 5. The number of nitrogens with zero attached hydrogens (tertiary/aromatic N) is 5. The van der Waals surface area contributed by atoms with E-state index in [0.717, 1.165) is 67.7 Å². The van der Waals surface area contributed by atoms with Gasteiger partial charge < -0.3 is 4.90 Å². The summed E-state index contributed by atoms with van der Waals surface area (Å²) in [6, 6.07) is 14.5. The van der Waals surface area contributed by atoms with Gasteiger partial charge in [-0.15, -0.1) is 24.8 Å². The normalized spacial score (nSPS) is 14.1. The van der Waals surface area contributed by atoms with Crippen molar-refractivity contribution in [1.29, 1.82) is 0 Å². The number of aryl methyl sites for hydroxylation is 1. The number of aromatic nitrogens is 3. The van der Waals surface area contributed by atoms with E-state index in [1.165, 1.54) is 12.1 Å². The number of rotatable bonds is 6. The lowest BCUT2D eigenvalue weighted by Crippen LogP contribution is -2.46. The Morgan fingerprint density at radius 3 is 2.29 bits per heavy atom. The zero-order valence-electron chi connectivity index (χ0n) is 18.8. The van der Waals surface area contributed by atoms with Crippen LogP contribution in [0, 0.1) is 5.82 Å². The zero-order chi connectivity index (χ0) is 21.9. The molecule has 9 heteroatoms. The van der Waals surface area contributed by atoms with Crippen LogP contribution in [0.15, 0.2) is 65.8 Å². The molecule has 2 aromatic heterocycles. The summed E-state index contributed by atoms with van der Waals surface area (Å²) in [6.07, 6.45) is 5.26. The second kappa shape index (κ2) is 11.6. The maximum atomic E-state index is 13.1. The molecule has 0 aliphatic carbocycles. The maximum absolute atomic E-state index is 13.1. The lowest BCUT2D eigenvalue weighted by molar-refractivity contribution is 0.251. The van der Waals surface area contributed by atoms with E-state index in [2.05, 4.69) is 19.8 Å². The van der Waals surface area contributed by atoms with Gasteiger partial charge in [-0.25, -0.2) is 9.37 Å². The van der Waals surface area contributed by atoms with Gasteiger partial charge in [-0.05, 0) is 49.7 Å². The van der Waals surface area contributed by atoms with E-state index in [1.807, 2.05) is 36.4 Å². The molecule has 34 heavy (non-hydrogen) atoms. The van der Waals surface area contributed by atoms with Crippen LogP contribution in [0.2, 0.25) is 0 Å². The summed E-state index contributed by atoms with van der Waals surface area (Å²) < 4.78 is 14.8. The summed E-state index contributed by atoms with van der Waals surface area (Å²) in [4.78, 5) is 26.6. The minimum Gasteiger partial charge on any atom is -0.369 e. The Morgan fingerprint density at radius 2 is 1.53 bits per heavy atom. The first kappa shape index (κ1) is 25.9. The van der Waals surface area contributed by atoms with E-state index < -0.39 is 0 Å². The molecule has 0 saturated carbocycles. The lowest BCUT2D eigenvalue weighted by Gasteiger charge is -2.36. The number of fused-ring (bicyclic) bond motifs is 3. The number of unbranched alkanes of at least 4 members (excludes halogenated alkanes) is 1. The number of pyridine rings is 1. The molecule has 2 aromatic carbocycles. The van der Waals surface area contributed by atoms with Gasteiger partial charge in [-0.1, -0.05) is 18.2 Å². The van der Waals surface area contributed by atoms with Gasteiger partial charge in [0.1, 0.15) is 5.82 Å². The fourth-order valence-corrected chi connectivity index (χ4v) is 4.42. The molecule has 1 saturated heterocycles. The maximum Gasteiger partial charge on any atom is 0.262 e. The van der Waals surface area contributed by atoms with Crippen LogP contribution in [0.1, 0.15) is 12.8 Å². The predicted octanol–water partition coefficient (Wildman–Crippen LogP) is 4.53. The smallest absolute Gasteiger partial charge is 0.262 e. The van der Waals surface area contributed by atoms with Crippen LogP contribution in [-0.4, -0.2) is 52.2 Å². The van der Waals surface area contributed by atoms with Crippen LogP contribution in [0.25, 0.3) is 21.8 Å². The molecular weight excluding hydrogens is 476 g/mol. The van der Waals surface area contributed by atoms with Gasteiger partial charge in [0, 0.05) is 50.0 Å². The summed E-state index contributed by atoms with van der Waals surface area (Å²) >= 11 is 0. The van der Waals surface area contributed by atoms with Gasteiger partial charge >= 0.3 is 0 Å². The van der Waals surface area contributed by atoms with Gasteiger partial charge in [0.05, 0.1) is 22.7 Å². The van der Waals surface area contributed by atoms with Crippen LogP contribution in [0.5, 0.6) is 0 Å². The van der Waals surface area contributed by atoms with Gasteiger partial charge in [-0.3, -0.25) is 19.2 Å². The third-order valence-corrected chi connectivity index (χ3v) is 6.25. The van der Waals surface area contributed by atoms with Gasteiger partial charge in [0.15, 0.2) is 0 Å². The second-order valence-corrected chi connectivity index (χ2v) is 8.29. The molecule has 1 fully saturated rings. The number of benzene rings is 2. The molecule has 0 bridgehead atoms. The van der Waals surface area contributed by atoms with Crippen molar-refractivity contribution < 1.29 is 4.39 Å². The Kier molecular flexibility index (Phi) is 8.83. The highest BCUT2D eigenvalue weighted by molar-refractivity contribution is 6.02. The third kappa shape index (κ3) is 5.49. The minimum absolute atomic E-state index is 0. The summed E-state index contributed by atoms with van der Waals surface area (Å²) in [5.74, 6) is -0.197.